The molecular formula is C26H22FN3O3S. The van der Waals surface area contributed by atoms with Crippen LogP contribution in [0.4, 0.5) is 4.39 Å². The summed E-state index contributed by atoms with van der Waals surface area (Å²) in [5.74, 6) is 1.87. The van der Waals surface area contributed by atoms with E-state index in [-0.39, 0.29) is 24.6 Å². The smallest absolute Gasteiger partial charge is 0.246 e. The summed E-state index contributed by atoms with van der Waals surface area (Å²) >= 11 is 1.61. The van der Waals surface area contributed by atoms with E-state index in [1.165, 1.54) is 12.1 Å². The second-order valence-corrected chi connectivity index (χ2v) is 9.39. The normalized spacial score (nSPS) is 16.1. The summed E-state index contributed by atoms with van der Waals surface area (Å²) in [7, 11) is 0. The zero-order valence-electron chi connectivity index (χ0n) is 18.3. The molecule has 4 heterocycles. The van der Waals surface area contributed by atoms with E-state index in [0.717, 1.165) is 34.6 Å². The molecule has 2 aromatic carbocycles. The van der Waals surface area contributed by atoms with Crippen LogP contribution in [0.1, 0.15) is 23.8 Å². The van der Waals surface area contributed by atoms with Gasteiger partial charge >= 0.3 is 0 Å². The molecule has 172 valence electrons. The van der Waals surface area contributed by atoms with Crippen molar-refractivity contribution in [2.75, 3.05) is 19.9 Å². The van der Waals surface area contributed by atoms with Gasteiger partial charge in [0.05, 0.1) is 11.0 Å². The van der Waals surface area contributed by atoms with Crippen LogP contribution in [0.5, 0.6) is 11.5 Å². The van der Waals surface area contributed by atoms with Gasteiger partial charge in [-0.05, 0) is 60.7 Å². The van der Waals surface area contributed by atoms with Gasteiger partial charge in [-0.2, -0.15) is 0 Å². The van der Waals surface area contributed by atoms with Gasteiger partial charge in [-0.1, -0.05) is 6.07 Å². The zero-order chi connectivity index (χ0) is 23.1. The van der Waals surface area contributed by atoms with E-state index in [1.54, 1.807) is 23.5 Å². The van der Waals surface area contributed by atoms with Crippen molar-refractivity contribution in [2.24, 2.45) is 0 Å². The molecule has 0 atom stereocenters. The monoisotopic (exact) mass is 475 g/mol. The fourth-order valence-electron chi connectivity index (χ4n) is 4.67. The molecule has 0 saturated carbocycles. The van der Waals surface area contributed by atoms with E-state index in [4.69, 9.17) is 14.5 Å². The maximum atomic E-state index is 14.0. The summed E-state index contributed by atoms with van der Waals surface area (Å²) in [5, 5.41) is 1.99. The minimum absolute atomic E-state index is 0.0282. The summed E-state index contributed by atoms with van der Waals surface area (Å²) in [6.07, 6.45) is 5.10. The number of ether oxygens (including phenoxy) is 2. The Morgan fingerprint density at radius 2 is 1.94 bits per heavy atom. The maximum absolute atomic E-state index is 14.0. The number of amides is 1. The molecule has 1 amide bonds. The van der Waals surface area contributed by atoms with Gasteiger partial charge in [0.1, 0.15) is 11.6 Å². The van der Waals surface area contributed by atoms with Crippen LogP contribution in [0.2, 0.25) is 0 Å². The van der Waals surface area contributed by atoms with Crippen molar-refractivity contribution in [2.45, 2.75) is 18.9 Å². The van der Waals surface area contributed by atoms with Crippen LogP contribution in [-0.2, 0) is 4.79 Å². The number of rotatable bonds is 4. The lowest BCUT2D eigenvalue weighted by atomic mass is 10.0. The number of halogens is 1. The molecule has 0 spiro atoms. The van der Waals surface area contributed by atoms with Crippen LogP contribution < -0.4 is 9.47 Å². The Morgan fingerprint density at radius 1 is 1.09 bits per heavy atom. The first-order valence-corrected chi connectivity index (χ1v) is 12.1. The van der Waals surface area contributed by atoms with Crippen molar-refractivity contribution >= 4 is 34.4 Å². The molecule has 1 fully saturated rings. The van der Waals surface area contributed by atoms with Crippen molar-refractivity contribution in [3.05, 3.63) is 70.7 Å². The molecular weight excluding hydrogens is 453 g/mol. The maximum Gasteiger partial charge on any atom is 0.246 e. The number of aromatic nitrogens is 2. The molecule has 0 aliphatic carbocycles. The van der Waals surface area contributed by atoms with E-state index in [1.807, 2.05) is 46.7 Å². The van der Waals surface area contributed by atoms with Crippen LogP contribution in [0.3, 0.4) is 0 Å². The Labute approximate surface area is 199 Å². The number of piperidine rings is 1. The summed E-state index contributed by atoms with van der Waals surface area (Å²) in [6.45, 7) is 1.51. The third-order valence-electron chi connectivity index (χ3n) is 6.36. The Balaban J connectivity index is 1.29. The number of fused-ring (bicyclic) bond motifs is 2. The first-order chi connectivity index (χ1) is 16.7. The summed E-state index contributed by atoms with van der Waals surface area (Å²) < 4.78 is 27.2. The van der Waals surface area contributed by atoms with Gasteiger partial charge < -0.3 is 18.9 Å². The van der Waals surface area contributed by atoms with Gasteiger partial charge in [0.25, 0.3) is 0 Å². The number of benzene rings is 2. The topological polar surface area (TPSA) is 56.6 Å². The molecule has 34 heavy (non-hydrogen) atoms. The van der Waals surface area contributed by atoms with Gasteiger partial charge in [0.2, 0.25) is 12.7 Å². The lowest BCUT2D eigenvalue weighted by Crippen LogP contribution is -2.38. The Hall–Kier alpha value is -3.65. The van der Waals surface area contributed by atoms with Gasteiger partial charge in [-0.15, -0.1) is 11.3 Å². The molecule has 0 unspecified atom stereocenters. The highest BCUT2D eigenvalue weighted by Gasteiger charge is 2.27. The van der Waals surface area contributed by atoms with Crippen molar-refractivity contribution in [3.8, 4) is 22.9 Å². The highest BCUT2D eigenvalue weighted by Crippen LogP contribution is 2.39. The number of hydrogen-bond acceptors (Lipinski definition) is 5. The number of hydrogen-bond donors (Lipinski definition) is 0. The molecule has 2 aliphatic rings. The van der Waals surface area contributed by atoms with Crippen molar-refractivity contribution in [3.63, 3.8) is 0 Å². The predicted molar refractivity (Wildman–Crippen MR) is 129 cm³/mol. The highest BCUT2D eigenvalue weighted by molar-refractivity contribution is 7.10. The molecule has 2 aliphatic heterocycles. The van der Waals surface area contributed by atoms with Gasteiger partial charge in [-0.3, -0.25) is 4.79 Å². The van der Waals surface area contributed by atoms with Gasteiger partial charge in [-0.25, -0.2) is 9.37 Å². The summed E-state index contributed by atoms with van der Waals surface area (Å²) in [4.78, 5) is 20.4. The van der Waals surface area contributed by atoms with Crippen molar-refractivity contribution in [1.82, 2.24) is 14.5 Å². The SMILES string of the molecule is O=C(/C=C/c1cccs1)N1CCC(n2c(-c3ccc4c(c3)OCO4)nc3cc(F)ccc32)CC1. The molecule has 4 aromatic rings. The van der Waals surface area contributed by atoms with Crippen LogP contribution in [0, 0.1) is 5.82 Å². The van der Waals surface area contributed by atoms with Crippen molar-refractivity contribution < 1.29 is 18.7 Å². The van der Waals surface area contributed by atoms with Crippen LogP contribution in [-0.4, -0.2) is 40.2 Å². The Morgan fingerprint density at radius 3 is 2.76 bits per heavy atom. The first-order valence-electron chi connectivity index (χ1n) is 11.2. The molecule has 0 radical (unpaired) electrons. The minimum atomic E-state index is -0.313. The second-order valence-electron chi connectivity index (χ2n) is 8.41. The average molecular weight is 476 g/mol. The van der Waals surface area contributed by atoms with Crippen molar-refractivity contribution in [1.29, 1.82) is 0 Å². The fraction of sp³-hybridized carbons (Fsp3) is 0.231. The average Bonchev–Trinajstić information content (AvgIpc) is 3.61. The molecule has 8 heteroatoms. The Kier molecular flexibility index (Phi) is 5.30. The predicted octanol–water partition coefficient (Wildman–Crippen LogP) is 5.51. The van der Waals surface area contributed by atoms with E-state index in [0.29, 0.717) is 30.1 Å². The third kappa shape index (κ3) is 3.84. The van der Waals surface area contributed by atoms with Crippen LogP contribution in [0.15, 0.2) is 60.0 Å². The Bertz CT molecular complexity index is 1390. The van der Waals surface area contributed by atoms with E-state index >= 15 is 0 Å². The molecule has 6 rings (SSSR count). The number of carbonyl (C=O) groups is 1. The van der Waals surface area contributed by atoms with Crippen LogP contribution >= 0.6 is 11.3 Å². The number of imidazole rings is 1. The number of thiophene rings is 1. The largest absolute Gasteiger partial charge is 0.454 e. The van der Waals surface area contributed by atoms with Gasteiger partial charge in [0, 0.05) is 41.7 Å². The standard InChI is InChI=1S/C26H22FN3O3S/c27-18-4-6-22-21(15-18)28-26(17-3-7-23-24(14-17)33-16-32-23)30(22)19-9-11-29(12-10-19)25(31)8-5-20-2-1-13-34-20/h1-8,13-15,19H,9-12,16H2/b8-5+. The lowest BCUT2D eigenvalue weighted by Gasteiger charge is -2.33. The third-order valence-corrected chi connectivity index (χ3v) is 7.19. The molecule has 1 saturated heterocycles. The number of likely N-dealkylation sites (tertiary alicyclic amines) is 1. The molecule has 0 bridgehead atoms. The fourth-order valence-corrected chi connectivity index (χ4v) is 5.29. The molecule has 6 nitrogen and oxygen atoms in total. The first kappa shape index (κ1) is 20.9. The molecule has 2 aromatic heterocycles. The lowest BCUT2D eigenvalue weighted by molar-refractivity contribution is -0.127. The molecule has 0 N–H and O–H groups in total. The summed E-state index contributed by atoms with van der Waals surface area (Å²) in [6, 6.07) is 14.6. The zero-order valence-corrected chi connectivity index (χ0v) is 19.1. The summed E-state index contributed by atoms with van der Waals surface area (Å²) in [5.41, 5.74) is 2.39. The van der Waals surface area contributed by atoms with Gasteiger partial charge in [0.15, 0.2) is 11.5 Å². The highest BCUT2D eigenvalue weighted by atomic mass is 32.1. The van der Waals surface area contributed by atoms with E-state index in [9.17, 15) is 9.18 Å². The number of carbonyl (C=O) groups excluding carboxylic acids is 1. The van der Waals surface area contributed by atoms with Crippen LogP contribution in [0.25, 0.3) is 28.5 Å². The quantitative estimate of drug-likeness (QED) is 0.365. The van der Waals surface area contributed by atoms with E-state index in [2.05, 4.69) is 4.57 Å². The van der Waals surface area contributed by atoms with E-state index < -0.39 is 0 Å². The second kappa shape index (κ2) is 8.61. The minimum Gasteiger partial charge on any atom is -0.454 e. The number of nitrogens with zero attached hydrogens (tertiary/aromatic N) is 3.